The monoisotopic (exact) mass is 305 g/mol. The van der Waals surface area contributed by atoms with Crippen molar-refractivity contribution >= 4 is 23.2 Å². The molecular weight excluding hydrogens is 286 g/mol. The van der Waals surface area contributed by atoms with E-state index in [-0.39, 0.29) is 0 Å². The minimum Gasteiger partial charge on any atom is -0.494 e. The average molecular weight is 305 g/mol. The molecule has 0 unspecified atom stereocenters. The molecule has 23 heavy (non-hydrogen) atoms. The highest BCUT2D eigenvalue weighted by atomic mass is 16.5. The second kappa shape index (κ2) is 6.92. The maximum Gasteiger partial charge on any atom is 0.230 e. The van der Waals surface area contributed by atoms with Crippen LogP contribution in [0.5, 0.6) is 5.75 Å². The fourth-order valence-electron chi connectivity index (χ4n) is 2.42. The number of ether oxygens (including phenoxy) is 1. The number of rotatable bonds is 6. The standard InChI is InChI=1S/C19H19N3O/c1-3-13-22-18-8-6-5-7-17(18)21-19(22)20-14-15-9-11-16(12-10-15)23-4-2/h3,5-12,14H,1,4,13H2,2H3/b20-14+. The Labute approximate surface area is 135 Å². The second-order valence-electron chi connectivity index (χ2n) is 5.06. The molecule has 0 saturated carbocycles. The first-order valence-electron chi connectivity index (χ1n) is 7.65. The Kier molecular flexibility index (Phi) is 4.52. The average Bonchev–Trinajstić information content (AvgIpc) is 2.93. The summed E-state index contributed by atoms with van der Waals surface area (Å²) in [5.41, 5.74) is 3.00. The summed E-state index contributed by atoms with van der Waals surface area (Å²) in [6, 6.07) is 15.9. The Bertz CT molecular complexity index is 831. The van der Waals surface area contributed by atoms with Crippen LogP contribution in [0.25, 0.3) is 11.0 Å². The molecule has 0 saturated heterocycles. The number of nitrogens with zero attached hydrogens (tertiary/aromatic N) is 3. The van der Waals surface area contributed by atoms with E-state index in [1.807, 2.05) is 72.3 Å². The van der Waals surface area contributed by atoms with Crippen LogP contribution in [0.1, 0.15) is 12.5 Å². The van der Waals surface area contributed by atoms with E-state index < -0.39 is 0 Å². The van der Waals surface area contributed by atoms with Crippen LogP contribution >= 0.6 is 0 Å². The van der Waals surface area contributed by atoms with E-state index in [4.69, 9.17) is 4.74 Å². The highest BCUT2D eigenvalue weighted by molar-refractivity contribution is 5.83. The third-order valence-corrected chi connectivity index (χ3v) is 3.47. The van der Waals surface area contributed by atoms with Gasteiger partial charge in [0.15, 0.2) is 0 Å². The van der Waals surface area contributed by atoms with Crippen LogP contribution < -0.4 is 4.74 Å². The first-order valence-corrected chi connectivity index (χ1v) is 7.65. The lowest BCUT2D eigenvalue weighted by Gasteiger charge is -2.03. The van der Waals surface area contributed by atoms with Crippen LogP contribution in [0.2, 0.25) is 0 Å². The molecule has 0 spiro atoms. The zero-order valence-corrected chi connectivity index (χ0v) is 13.1. The fourth-order valence-corrected chi connectivity index (χ4v) is 2.42. The van der Waals surface area contributed by atoms with Crippen LogP contribution in [-0.4, -0.2) is 22.4 Å². The molecule has 3 aromatic rings. The quantitative estimate of drug-likeness (QED) is 0.501. The number of benzene rings is 2. The highest BCUT2D eigenvalue weighted by Gasteiger charge is 2.07. The van der Waals surface area contributed by atoms with E-state index in [2.05, 4.69) is 16.6 Å². The van der Waals surface area contributed by atoms with Crippen LogP contribution in [-0.2, 0) is 6.54 Å². The molecule has 1 heterocycles. The van der Waals surface area contributed by atoms with Gasteiger partial charge in [-0.2, -0.15) is 0 Å². The van der Waals surface area contributed by atoms with Gasteiger partial charge in [0.05, 0.1) is 17.6 Å². The molecule has 0 bridgehead atoms. The van der Waals surface area contributed by atoms with Gasteiger partial charge in [-0.3, -0.25) is 0 Å². The SMILES string of the molecule is C=CCn1c(/N=C/c2ccc(OCC)cc2)nc2ccccc21. The van der Waals surface area contributed by atoms with Gasteiger partial charge in [0.2, 0.25) is 5.95 Å². The molecule has 0 fully saturated rings. The number of imidazole rings is 1. The zero-order valence-electron chi connectivity index (χ0n) is 13.1. The van der Waals surface area contributed by atoms with Crippen LogP contribution in [0.15, 0.2) is 66.2 Å². The Morgan fingerprint density at radius 2 is 1.96 bits per heavy atom. The molecule has 0 amide bonds. The maximum absolute atomic E-state index is 5.44. The van der Waals surface area contributed by atoms with Crippen molar-refractivity contribution in [1.82, 2.24) is 9.55 Å². The van der Waals surface area contributed by atoms with Crippen molar-refractivity contribution in [2.75, 3.05) is 6.61 Å². The molecule has 4 nitrogen and oxygen atoms in total. The van der Waals surface area contributed by atoms with Crippen molar-refractivity contribution in [2.24, 2.45) is 4.99 Å². The number of aliphatic imine (C=N–C) groups is 1. The molecular formula is C19H19N3O. The van der Waals surface area contributed by atoms with Crippen molar-refractivity contribution in [2.45, 2.75) is 13.5 Å². The Morgan fingerprint density at radius 3 is 2.70 bits per heavy atom. The van der Waals surface area contributed by atoms with Crippen molar-refractivity contribution < 1.29 is 4.74 Å². The van der Waals surface area contributed by atoms with Gasteiger partial charge in [-0.1, -0.05) is 18.2 Å². The van der Waals surface area contributed by atoms with E-state index >= 15 is 0 Å². The summed E-state index contributed by atoms with van der Waals surface area (Å²) >= 11 is 0. The fraction of sp³-hybridized carbons (Fsp3) is 0.158. The van der Waals surface area contributed by atoms with E-state index in [0.717, 1.165) is 22.3 Å². The van der Waals surface area contributed by atoms with Crippen molar-refractivity contribution in [3.05, 3.63) is 66.7 Å². The molecule has 3 rings (SSSR count). The van der Waals surface area contributed by atoms with Gasteiger partial charge in [0.1, 0.15) is 5.75 Å². The molecule has 0 aliphatic rings. The number of aromatic nitrogens is 2. The van der Waals surface area contributed by atoms with Gasteiger partial charge in [0.25, 0.3) is 0 Å². The number of para-hydroxylation sites is 2. The number of hydrogen-bond acceptors (Lipinski definition) is 3. The van der Waals surface area contributed by atoms with Crippen LogP contribution in [0, 0.1) is 0 Å². The normalized spacial score (nSPS) is 11.2. The van der Waals surface area contributed by atoms with Gasteiger partial charge >= 0.3 is 0 Å². The van der Waals surface area contributed by atoms with E-state index in [0.29, 0.717) is 19.1 Å². The summed E-state index contributed by atoms with van der Waals surface area (Å²) in [4.78, 5) is 9.13. The summed E-state index contributed by atoms with van der Waals surface area (Å²) in [5.74, 6) is 1.54. The van der Waals surface area contributed by atoms with E-state index in [1.54, 1.807) is 0 Å². The van der Waals surface area contributed by atoms with Gasteiger partial charge in [0, 0.05) is 12.8 Å². The molecule has 1 aromatic heterocycles. The molecule has 0 N–H and O–H groups in total. The maximum atomic E-state index is 5.44. The van der Waals surface area contributed by atoms with Crippen molar-refractivity contribution in [3.8, 4) is 5.75 Å². The molecule has 2 aromatic carbocycles. The number of hydrogen-bond donors (Lipinski definition) is 0. The van der Waals surface area contributed by atoms with Gasteiger partial charge < -0.3 is 9.30 Å². The second-order valence-corrected chi connectivity index (χ2v) is 5.06. The number of fused-ring (bicyclic) bond motifs is 1. The van der Waals surface area contributed by atoms with Crippen LogP contribution in [0.3, 0.4) is 0 Å². The van der Waals surface area contributed by atoms with Crippen molar-refractivity contribution in [1.29, 1.82) is 0 Å². The van der Waals surface area contributed by atoms with E-state index in [1.165, 1.54) is 0 Å². The van der Waals surface area contributed by atoms with Crippen LogP contribution in [0.4, 0.5) is 5.95 Å². The number of allylic oxidation sites excluding steroid dienone is 1. The molecule has 116 valence electrons. The third kappa shape index (κ3) is 3.31. The summed E-state index contributed by atoms with van der Waals surface area (Å²) < 4.78 is 7.49. The lowest BCUT2D eigenvalue weighted by Crippen LogP contribution is -1.94. The third-order valence-electron chi connectivity index (χ3n) is 3.47. The summed E-state index contributed by atoms with van der Waals surface area (Å²) in [7, 11) is 0. The van der Waals surface area contributed by atoms with Gasteiger partial charge in [-0.05, 0) is 48.9 Å². The molecule has 0 radical (unpaired) electrons. The van der Waals surface area contributed by atoms with E-state index in [9.17, 15) is 0 Å². The Morgan fingerprint density at radius 1 is 1.17 bits per heavy atom. The first-order chi connectivity index (χ1) is 11.3. The lowest BCUT2D eigenvalue weighted by molar-refractivity contribution is 0.340. The summed E-state index contributed by atoms with van der Waals surface area (Å²) in [6.45, 7) is 7.13. The first kappa shape index (κ1) is 15.0. The Balaban J connectivity index is 1.90. The summed E-state index contributed by atoms with van der Waals surface area (Å²) in [6.07, 6.45) is 3.67. The largest absolute Gasteiger partial charge is 0.494 e. The topological polar surface area (TPSA) is 39.4 Å². The highest BCUT2D eigenvalue weighted by Crippen LogP contribution is 2.21. The van der Waals surface area contributed by atoms with Gasteiger partial charge in [-0.25, -0.2) is 9.98 Å². The minimum absolute atomic E-state index is 0.666. The Hall–Kier alpha value is -2.88. The molecule has 4 heteroatoms. The zero-order chi connectivity index (χ0) is 16.1. The molecule has 0 aliphatic carbocycles. The predicted octanol–water partition coefficient (Wildman–Crippen LogP) is 4.37. The molecule has 0 aliphatic heterocycles. The van der Waals surface area contributed by atoms with Gasteiger partial charge in [-0.15, -0.1) is 6.58 Å². The predicted molar refractivity (Wildman–Crippen MR) is 94.8 cm³/mol. The molecule has 0 atom stereocenters. The van der Waals surface area contributed by atoms with Crippen molar-refractivity contribution in [3.63, 3.8) is 0 Å². The lowest BCUT2D eigenvalue weighted by atomic mass is 10.2. The summed E-state index contributed by atoms with van der Waals surface area (Å²) in [5, 5.41) is 0. The smallest absolute Gasteiger partial charge is 0.230 e. The minimum atomic E-state index is 0.666.